The third-order valence-electron chi connectivity index (χ3n) is 4.33. The maximum Gasteiger partial charge on any atom is 0.317 e. The van der Waals surface area contributed by atoms with Gasteiger partial charge in [0.2, 0.25) is 0 Å². The summed E-state index contributed by atoms with van der Waals surface area (Å²) in [5.41, 5.74) is 8.04. The fourth-order valence-electron chi connectivity index (χ4n) is 2.61. The van der Waals surface area contributed by atoms with Crippen LogP contribution in [0.5, 0.6) is 0 Å². The molecule has 0 aliphatic heterocycles. The molecule has 3 amide bonds. The Bertz CT molecular complexity index is 829. The Labute approximate surface area is 182 Å². The smallest absolute Gasteiger partial charge is 0.317 e. The molecule has 1 heterocycles. The topological polar surface area (TPSA) is 104 Å². The Balaban J connectivity index is 2.01. The second kappa shape index (κ2) is 12.0. The van der Waals surface area contributed by atoms with Gasteiger partial charge in [-0.25, -0.2) is 4.79 Å². The van der Waals surface area contributed by atoms with Gasteiger partial charge in [0.15, 0.2) is 0 Å². The highest BCUT2D eigenvalue weighted by atomic mass is 32.2. The first-order chi connectivity index (χ1) is 14.4. The minimum absolute atomic E-state index is 0.104. The van der Waals surface area contributed by atoms with Crippen molar-refractivity contribution >= 4 is 35.1 Å². The molecule has 0 saturated heterocycles. The van der Waals surface area contributed by atoms with Crippen LogP contribution in [-0.2, 0) is 6.54 Å². The Hall–Kier alpha value is -2.78. The van der Waals surface area contributed by atoms with Crippen LogP contribution in [-0.4, -0.2) is 72.5 Å². The van der Waals surface area contributed by atoms with Gasteiger partial charge in [0.05, 0.1) is 11.4 Å². The van der Waals surface area contributed by atoms with Gasteiger partial charge in [-0.15, -0.1) is 0 Å². The molecular formula is C21H30N6O2S. The van der Waals surface area contributed by atoms with Crippen molar-refractivity contribution in [3.63, 3.8) is 0 Å². The number of thioether (sulfide) groups is 1. The van der Waals surface area contributed by atoms with Crippen molar-refractivity contribution < 1.29 is 9.59 Å². The lowest BCUT2D eigenvalue weighted by atomic mass is 10.2. The summed E-state index contributed by atoms with van der Waals surface area (Å²) >= 11 is 1.69. The van der Waals surface area contributed by atoms with Crippen molar-refractivity contribution in [2.45, 2.75) is 6.54 Å². The van der Waals surface area contributed by atoms with Gasteiger partial charge in [0.25, 0.3) is 5.91 Å². The monoisotopic (exact) mass is 430 g/mol. The Kier molecular flexibility index (Phi) is 9.43. The number of carbonyl (C=O) groups excluding carboxylic acids is 2. The van der Waals surface area contributed by atoms with E-state index in [2.05, 4.69) is 15.6 Å². The first-order valence-corrected chi connectivity index (χ1v) is 11.1. The molecule has 0 aliphatic carbocycles. The second-order valence-corrected chi connectivity index (χ2v) is 8.03. The van der Waals surface area contributed by atoms with Crippen molar-refractivity contribution in [3.05, 3.63) is 53.9 Å². The van der Waals surface area contributed by atoms with Gasteiger partial charge in [-0.05, 0) is 44.1 Å². The maximum atomic E-state index is 12.5. The molecule has 0 radical (unpaired) electrons. The Morgan fingerprint density at radius 3 is 2.53 bits per heavy atom. The molecule has 0 aliphatic rings. The van der Waals surface area contributed by atoms with Crippen molar-refractivity contribution in [1.29, 1.82) is 0 Å². The molecule has 9 heteroatoms. The zero-order chi connectivity index (χ0) is 21.9. The van der Waals surface area contributed by atoms with E-state index in [4.69, 9.17) is 5.73 Å². The predicted molar refractivity (Wildman–Crippen MR) is 124 cm³/mol. The lowest BCUT2D eigenvalue weighted by Crippen LogP contribution is -2.43. The molecule has 1 aromatic heterocycles. The zero-order valence-corrected chi connectivity index (χ0v) is 18.5. The van der Waals surface area contributed by atoms with Gasteiger partial charge in [-0.1, -0.05) is 18.2 Å². The third kappa shape index (κ3) is 7.57. The summed E-state index contributed by atoms with van der Waals surface area (Å²) < 4.78 is 0. The number of aromatic nitrogens is 1. The molecule has 0 bridgehead atoms. The van der Waals surface area contributed by atoms with Gasteiger partial charge in [0.1, 0.15) is 5.69 Å². The molecular weight excluding hydrogens is 400 g/mol. The third-order valence-corrected chi connectivity index (χ3v) is 4.94. The van der Waals surface area contributed by atoms with Crippen LogP contribution in [0.15, 0.2) is 42.6 Å². The SMILES string of the molecule is CSCCNC(=O)N(CCN(C)C)Cc1ccc(C(=O)Nc2ccccc2N)nc1. The lowest BCUT2D eigenvalue weighted by molar-refractivity contribution is 0.102. The largest absolute Gasteiger partial charge is 0.397 e. The first kappa shape index (κ1) is 23.5. The Morgan fingerprint density at radius 2 is 1.90 bits per heavy atom. The van der Waals surface area contributed by atoms with E-state index >= 15 is 0 Å². The highest BCUT2D eigenvalue weighted by Gasteiger charge is 2.15. The van der Waals surface area contributed by atoms with Gasteiger partial charge >= 0.3 is 6.03 Å². The molecule has 2 rings (SSSR count). The number of nitrogens with zero attached hydrogens (tertiary/aromatic N) is 3. The number of rotatable bonds is 10. The molecule has 4 N–H and O–H groups in total. The summed E-state index contributed by atoms with van der Waals surface area (Å²) in [5.74, 6) is 0.531. The number of urea groups is 1. The van der Waals surface area contributed by atoms with Crippen LogP contribution in [0.3, 0.4) is 0 Å². The molecule has 0 spiro atoms. The lowest BCUT2D eigenvalue weighted by Gasteiger charge is -2.24. The highest BCUT2D eigenvalue weighted by molar-refractivity contribution is 7.98. The predicted octanol–water partition coefficient (Wildman–Crippen LogP) is 2.35. The molecule has 30 heavy (non-hydrogen) atoms. The highest BCUT2D eigenvalue weighted by Crippen LogP contribution is 2.17. The number of pyridine rings is 1. The van der Waals surface area contributed by atoms with E-state index < -0.39 is 0 Å². The van der Waals surface area contributed by atoms with E-state index in [-0.39, 0.29) is 17.6 Å². The average Bonchev–Trinajstić information content (AvgIpc) is 2.73. The fourth-order valence-corrected chi connectivity index (χ4v) is 2.92. The minimum Gasteiger partial charge on any atom is -0.397 e. The number of para-hydroxylation sites is 2. The molecule has 0 fully saturated rings. The minimum atomic E-state index is -0.335. The molecule has 0 atom stereocenters. The number of nitrogen functional groups attached to an aromatic ring is 1. The van der Waals surface area contributed by atoms with Crippen LogP contribution in [0.2, 0.25) is 0 Å². The number of amides is 3. The van der Waals surface area contributed by atoms with E-state index in [0.717, 1.165) is 17.9 Å². The average molecular weight is 431 g/mol. The standard InChI is InChI=1S/C21H30N6O2S/c1-26(2)11-12-27(21(29)23-10-13-30-3)15-16-8-9-19(24-14-16)20(28)25-18-7-5-4-6-17(18)22/h4-9,14H,10-13,15,22H2,1-3H3,(H,23,29)(H,25,28). The van der Waals surface area contributed by atoms with E-state index in [0.29, 0.717) is 31.0 Å². The number of nitrogens with one attached hydrogen (secondary N) is 2. The maximum absolute atomic E-state index is 12.5. The number of nitrogens with two attached hydrogens (primary N) is 1. The van der Waals surface area contributed by atoms with E-state index in [9.17, 15) is 9.59 Å². The second-order valence-electron chi connectivity index (χ2n) is 7.04. The molecule has 8 nitrogen and oxygen atoms in total. The molecule has 0 saturated carbocycles. The normalized spacial score (nSPS) is 10.7. The quantitative estimate of drug-likeness (QED) is 0.395. The summed E-state index contributed by atoms with van der Waals surface area (Å²) in [6.45, 7) is 2.38. The molecule has 162 valence electrons. The van der Waals surface area contributed by atoms with E-state index in [1.165, 1.54) is 0 Å². The Morgan fingerprint density at radius 1 is 1.13 bits per heavy atom. The van der Waals surface area contributed by atoms with E-state index in [1.807, 2.05) is 31.3 Å². The summed E-state index contributed by atoms with van der Waals surface area (Å²) in [7, 11) is 3.94. The van der Waals surface area contributed by atoms with Crippen LogP contribution < -0.4 is 16.4 Å². The zero-order valence-electron chi connectivity index (χ0n) is 17.7. The molecule has 2 aromatic rings. The number of carbonyl (C=O) groups is 2. The fraction of sp³-hybridized carbons (Fsp3) is 0.381. The summed E-state index contributed by atoms with van der Waals surface area (Å²) in [6.07, 6.45) is 3.63. The summed E-state index contributed by atoms with van der Waals surface area (Å²) in [6, 6.07) is 10.4. The van der Waals surface area contributed by atoms with Crippen LogP contribution >= 0.6 is 11.8 Å². The van der Waals surface area contributed by atoms with Crippen molar-refractivity contribution in [2.75, 3.05) is 56.8 Å². The van der Waals surface area contributed by atoms with Gasteiger partial charge < -0.3 is 26.2 Å². The summed E-state index contributed by atoms with van der Waals surface area (Å²) in [5, 5.41) is 5.70. The molecule has 0 unspecified atom stereocenters. The number of hydrogen-bond acceptors (Lipinski definition) is 6. The number of benzene rings is 1. The van der Waals surface area contributed by atoms with Gasteiger partial charge in [-0.2, -0.15) is 11.8 Å². The van der Waals surface area contributed by atoms with Gasteiger partial charge in [-0.3, -0.25) is 9.78 Å². The van der Waals surface area contributed by atoms with Crippen LogP contribution in [0.25, 0.3) is 0 Å². The van der Waals surface area contributed by atoms with Gasteiger partial charge in [0, 0.05) is 38.1 Å². The van der Waals surface area contributed by atoms with Crippen LogP contribution in [0.1, 0.15) is 16.1 Å². The first-order valence-electron chi connectivity index (χ1n) is 9.68. The van der Waals surface area contributed by atoms with E-state index in [1.54, 1.807) is 53.2 Å². The number of hydrogen-bond donors (Lipinski definition) is 3. The van der Waals surface area contributed by atoms with Crippen LogP contribution in [0.4, 0.5) is 16.2 Å². The van der Waals surface area contributed by atoms with Crippen LogP contribution in [0, 0.1) is 0 Å². The van der Waals surface area contributed by atoms with Crippen molar-refractivity contribution in [1.82, 2.24) is 20.1 Å². The van der Waals surface area contributed by atoms with Crippen molar-refractivity contribution in [3.8, 4) is 0 Å². The molecule has 1 aromatic carbocycles. The number of likely N-dealkylation sites (N-methyl/N-ethyl adjacent to an activating group) is 1. The van der Waals surface area contributed by atoms with Crippen molar-refractivity contribution in [2.24, 2.45) is 0 Å². The number of anilines is 2. The summed E-state index contributed by atoms with van der Waals surface area (Å²) in [4.78, 5) is 33.0.